The predicted octanol–water partition coefficient (Wildman–Crippen LogP) is -0.152. The predicted molar refractivity (Wildman–Crippen MR) is 60.0 cm³/mol. The summed E-state index contributed by atoms with van der Waals surface area (Å²) in [4.78, 5) is 13.1. The molecule has 90 valence electrons. The molecule has 0 saturated heterocycles. The van der Waals surface area contributed by atoms with Gasteiger partial charge < -0.3 is 5.11 Å². The monoisotopic (exact) mass is 217 g/mol. The topological polar surface area (TPSA) is 78.6 Å². The molecule has 0 saturated carbocycles. The number of carbonyl (C=O) groups excluding carboxylic acids is 1. The highest BCUT2D eigenvalue weighted by molar-refractivity contribution is 5.75. The fourth-order valence-corrected chi connectivity index (χ4v) is 1.68. The maximum atomic E-state index is 11.0. The first-order chi connectivity index (χ1) is 7.02. The molecule has 5 nitrogen and oxygen atoms in total. The summed E-state index contributed by atoms with van der Waals surface area (Å²) in [7, 11) is 0. The molecule has 0 aromatic heterocycles. The van der Waals surface area contributed by atoms with E-state index in [0.29, 0.717) is 19.0 Å². The zero-order valence-corrected chi connectivity index (χ0v) is 9.86. The summed E-state index contributed by atoms with van der Waals surface area (Å²) >= 11 is 0. The van der Waals surface area contributed by atoms with Gasteiger partial charge in [-0.2, -0.15) is 0 Å². The lowest BCUT2D eigenvalue weighted by Crippen LogP contribution is -2.41. The lowest BCUT2D eigenvalue weighted by atomic mass is 10.1. The van der Waals surface area contributed by atoms with E-state index in [1.165, 1.54) is 0 Å². The third kappa shape index (κ3) is 5.71. The number of nitrogens with one attached hydrogen (secondary N) is 1. The standard InChI is InChI=1S/C10H23N3O2/c1-8(2)13(6-7-14)9(3)4-5-10(15)12-11/h8-9,14H,4-7,11H2,1-3H3,(H,12,15). The molecule has 0 aromatic rings. The van der Waals surface area contributed by atoms with Crippen molar-refractivity contribution < 1.29 is 9.90 Å². The van der Waals surface area contributed by atoms with Gasteiger partial charge in [-0.3, -0.25) is 15.1 Å². The van der Waals surface area contributed by atoms with Gasteiger partial charge in [0.15, 0.2) is 0 Å². The van der Waals surface area contributed by atoms with Crippen LogP contribution in [-0.2, 0) is 4.79 Å². The Balaban J connectivity index is 4.02. The fraction of sp³-hybridized carbons (Fsp3) is 0.900. The van der Waals surface area contributed by atoms with Crippen LogP contribution in [0.4, 0.5) is 0 Å². The number of amides is 1. The van der Waals surface area contributed by atoms with Crippen LogP contribution in [0.15, 0.2) is 0 Å². The van der Waals surface area contributed by atoms with Crippen LogP contribution in [0.1, 0.15) is 33.6 Å². The van der Waals surface area contributed by atoms with Gasteiger partial charge in [0.1, 0.15) is 0 Å². The molecule has 1 amide bonds. The fourth-order valence-electron chi connectivity index (χ4n) is 1.68. The molecule has 0 aliphatic heterocycles. The van der Waals surface area contributed by atoms with Crippen LogP contribution in [0.5, 0.6) is 0 Å². The zero-order valence-electron chi connectivity index (χ0n) is 9.86. The minimum Gasteiger partial charge on any atom is -0.395 e. The molecule has 0 rings (SSSR count). The van der Waals surface area contributed by atoms with Gasteiger partial charge in [0, 0.05) is 25.0 Å². The first-order valence-electron chi connectivity index (χ1n) is 5.39. The molecule has 0 spiro atoms. The lowest BCUT2D eigenvalue weighted by molar-refractivity contribution is -0.121. The Labute approximate surface area is 91.6 Å². The molecule has 0 heterocycles. The second-order valence-electron chi connectivity index (χ2n) is 4.01. The van der Waals surface area contributed by atoms with Gasteiger partial charge in [0.2, 0.25) is 5.91 Å². The summed E-state index contributed by atoms with van der Waals surface area (Å²) < 4.78 is 0. The van der Waals surface area contributed by atoms with Crippen molar-refractivity contribution in [2.75, 3.05) is 13.2 Å². The molecular weight excluding hydrogens is 194 g/mol. The van der Waals surface area contributed by atoms with E-state index >= 15 is 0 Å². The van der Waals surface area contributed by atoms with E-state index in [1.54, 1.807) is 0 Å². The SMILES string of the molecule is CC(C)N(CCO)C(C)CCC(=O)NN. The second kappa shape index (κ2) is 7.62. The van der Waals surface area contributed by atoms with Crippen LogP contribution in [-0.4, -0.2) is 41.1 Å². The minimum absolute atomic E-state index is 0.144. The highest BCUT2D eigenvalue weighted by atomic mass is 16.3. The van der Waals surface area contributed by atoms with Crippen molar-refractivity contribution in [3.05, 3.63) is 0 Å². The van der Waals surface area contributed by atoms with Gasteiger partial charge in [-0.05, 0) is 27.2 Å². The maximum absolute atomic E-state index is 11.0. The smallest absolute Gasteiger partial charge is 0.233 e. The molecule has 0 aromatic carbocycles. The maximum Gasteiger partial charge on any atom is 0.233 e. The van der Waals surface area contributed by atoms with Gasteiger partial charge in [-0.25, -0.2) is 5.84 Å². The molecule has 4 N–H and O–H groups in total. The number of nitrogens with zero attached hydrogens (tertiary/aromatic N) is 1. The van der Waals surface area contributed by atoms with Crippen LogP contribution in [0.25, 0.3) is 0 Å². The molecule has 1 atom stereocenters. The van der Waals surface area contributed by atoms with Crippen LogP contribution < -0.4 is 11.3 Å². The van der Waals surface area contributed by atoms with Crippen LogP contribution in [0.3, 0.4) is 0 Å². The van der Waals surface area contributed by atoms with Crippen LogP contribution in [0, 0.1) is 0 Å². The van der Waals surface area contributed by atoms with Crippen molar-refractivity contribution in [1.29, 1.82) is 0 Å². The minimum atomic E-state index is -0.144. The Hall–Kier alpha value is -0.650. The number of nitrogens with two attached hydrogens (primary N) is 1. The number of hydrogen-bond donors (Lipinski definition) is 3. The Morgan fingerprint density at radius 3 is 2.47 bits per heavy atom. The molecule has 0 bridgehead atoms. The van der Waals surface area contributed by atoms with E-state index in [2.05, 4.69) is 31.1 Å². The van der Waals surface area contributed by atoms with Gasteiger partial charge in [0.05, 0.1) is 6.61 Å². The molecule has 5 heteroatoms. The largest absolute Gasteiger partial charge is 0.395 e. The quantitative estimate of drug-likeness (QED) is 0.315. The van der Waals surface area contributed by atoms with Crippen molar-refractivity contribution in [1.82, 2.24) is 10.3 Å². The van der Waals surface area contributed by atoms with Crippen LogP contribution >= 0.6 is 0 Å². The highest BCUT2D eigenvalue weighted by Gasteiger charge is 2.17. The summed E-state index contributed by atoms with van der Waals surface area (Å²) in [6.45, 7) is 7.00. The summed E-state index contributed by atoms with van der Waals surface area (Å²) in [5, 5.41) is 8.92. The average molecular weight is 217 g/mol. The molecular formula is C10H23N3O2. The number of carbonyl (C=O) groups is 1. The number of rotatable bonds is 7. The zero-order chi connectivity index (χ0) is 11.8. The first-order valence-corrected chi connectivity index (χ1v) is 5.39. The van der Waals surface area contributed by atoms with E-state index in [1.807, 2.05) is 0 Å². The molecule has 0 radical (unpaired) electrons. The Morgan fingerprint density at radius 1 is 1.47 bits per heavy atom. The Morgan fingerprint density at radius 2 is 2.07 bits per heavy atom. The van der Waals surface area contributed by atoms with E-state index in [4.69, 9.17) is 10.9 Å². The van der Waals surface area contributed by atoms with Gasteiger partial charge in [0.25, 0.3) is 0 Å². The third-order valence-electron chi connectivity index (χ3n) is 2.54. The number of hydrazine groups is 1. The van der Waals surface area contributed by atoms with Crippen LogP contribution in [0.2, 0.25) is 0 Å². The Kier molecular flexibility index (Phi) is 7.29. The van der Waals surface area contributed by atoms with Crippen molar-refractivity contribution in [3.63, 3.8) is 0 Å². The third-order valence-corrected chi connectivity index (χ3v) is 2.54. The number of aliphatic hydroxyl groups excluding tert-OH is 1. The molecule has 0 fully saturated rings. The highest BCUT2D eigenvalue weighted by Crippen LogP contribution is 2.10. The van der Waals surface area contributed by atoms with E-state index in [0.717, 1.165) is 6.42 Å². The summed E-state index contributed by atoms with van der Waals surface area (Å²) in [5.41, 5.74) is 2.11. The summed E-state index contributed by atoms with van der Waals surface area (Å²) in [6, 6.07) is 0.641. The van der Waals surface area contributed by atoms with E-state index in [-0.39, 0.29) is 18.6 Å². The van der Waals surface area contributed by atoms with Crippen molar-refractivity contribution in [2.24, 2.45) is 5.84 Å². The molecule has 1 unspecified atom stereocenters. The summed E-state index contributed by atoms with van der Waals surface area (Å²) in [5.74, 6) is 4.86. The molecule has 15 heavy (non-hydrogen) atoms. The second-order valence-corrected chi connectivity index (χ2v) is 4.01. The van der Waals surface area contributed by atoms with E-state index < -0.39 is 0 Å². The summed E-state index contributed by atoms with van der Waals surface area (Å²) in [6.07, 6.45) is 1.17. The van der Waals surface area contributed by atoms with Gasteiger partial charge in [-0.15, -0.1) is 0 Å². The molecule has 0 aliphatic rings. The van der Waals surface area contributed by atoms with Gasteiger partial charge in [-0.1, -0.05) is 0 Å². The van der Waals surface area contributed by atoms with Crippen molar-refractivity contribution >= 4 is 5.91 Å². The number of hydrogen-bond acceptors (Lipinski definition) is 4. The Bertz CT molecular complexity index is 186. The normalized spacial score (nSPS) is 13.3. The first kappa shape index (κ1) is 14.3. The van der Waals surface area contributed by atoms with Gasteiger partial charge >= 0.3 is 0 Å². The lowest BCUT2D eigenvalue weighted by Gasteiger charge is -2.32. The van der Waals surface area contributed by atoms with Crippen molar-refractivity contribution in [3.8, 4) is 0 Å². The average Bonchev–Trinajstić information content (AvgIpc) is 2.21. The number of aliphatic hydroxyl groups is 1. The van der Waals surface area contributed by atoms with E-state index in [9.17, 15) is 4.79 Å². The van der Waals surface area contributed by atoms with Crippen molar-refractivity contribution in [2.45, 2.75) is 45.7 Å². The molecule has 0 aliphatic carbocycles.